The Hall–Kier alpha value is -2.93. The summed E-state index contributed by atoms with van der Waals surface area (Å²) in [5.41, 5.74) is 1.80. The largest absolute Gasteiger partial charge is 0.496 e. The van der Waals surface area contributed by atoms with Gasteiger partial charge in [0.2, 0.25) is 5.91 Å². The monoisotopic (exact) mass is 399 g/mol. The molecule has 2 aromatic carbocycles. The van der Waals surface area contributed by atoms with Crippen molar-refractivity contribution in [1.29, 1.82) is 0 Å². The van der Waals surface area contributed by atoms with Gasteiger partial charge in [0.05, 0.1) is 19.3 Å². The highest BCUT2D eigenvalue weighted by atomic mass is 19.1. The average molecular weight is 399 g/mol. The number of carbonyl (C=O) groups excluding carboxylic acids is 2. The Labute approximate surface area is 170 Å². The fourth-order valence-electron chi connectivity index (χ4n) is 3.43. The number of benzene rings is 2. The Morgan fingerprint density at radius 1 is 1.10 bits per heavy atom. The summed E-state index contributed by atoms with van der Waals surface area (Å²) in [7, 11) is 1.61. The van der Waals surface area contributed by atoms with Crippen LogP contribution in [0.2, 0.25) is 0 Å². The third-order valence-electron chi connectivity index (χ3n) is 5.10. The van der Waals surface area contributed by atoms with Crippen molar-refractivity contribution >= 4 is 17.4 Å². The molecule has 1 saturated heterocycles. The van der Waals surface area contributed by atoms with Crippen LogP contribution < -0.4 is 15.0 Å². The number of piperazine rings is 1. The van der Waals surface area contributed by atoms with Crippen LogP contribution in [0, 0.1) is 5.82 Å². The van der Waals surface area contributed by atoms with Crippen molar-refractivity contribution in [2.45, 2.75) is 13.5 Å². The number of Topliss-reactive ketones (excluding diaryl/α,β-unsaturated/α-hetero) is 1. The lowest BCUT2D eigenvalue weighted by molar-refractivity contribution is -0.122. The summed E-state index contributed by atoms with van der Waals surface area (Å²) >= 11 is 0. The van der Waals surface area contributed by atoms with E-state index in [1.807, 2.05) is 29.2 Å². The molecule has 0 unspecified atom stereocenters. The number of anilines is 1. The van der Waals surface area contributed by atoms with Crippen LogP contribution in [0.5, 0.6) is 5.75 Å². The molecule has 29 heavy (non-hydrogen) atoms. The molecule has 1 fully saturated rings. The lowest BCUT2D eigenvalue weighted by Gasteiger charge is -2.35. The zero-order valence-electron chi connectivity index (χ0n) is 16.8. The van der Waals surface area contributed by atoms with E-state index in [1.165, 1.54) is 13.0 Å². The van der Waals surface area contributed by atoms with E-state index in [1.54, 1.807) is 19.2 Å². The highest BCUT2D eigenvalue weighted by molar-refractivity contribution is 5.94. The highest BCUT2D eigenvalue weighted by Gasteiger charge is 2.21. The molecule has 1 amide bonds. The molecule has 1 aliphatic rings. The maximum Gasteiger partial charge on any atom is 0.234 e. The number of carbonyl (C=O) groups is 2. The number of hydrogen-bond donors (Lipinski definition) is 1. The van der Waals surface area contributed by atoms with E-state index in [0.29, 0.717) is 50.5 Å². The molecule has 0 aromatic heterocycles. The van der Waals surface area contributed by atoms with Gasteiger partial charge < -0.3 is 15.0 Å². The second kappa shape index (κ2) is 9.52. The zero-order valence-corrected chi connectivity index (χ0v) is 16.8. The van der Waals surface area contributed by atoms with Crippen LogP contribution in [0.25, 0.3) is 0 Å². The Bertz CT molecular complexity index is 879. The summed E-state index contributed by atoms with van der Waals surface area (Å²) < 4.78 is 19.6. The number of halogens is 1. The Kier molecular flexibility index (Phi) is 6.82. The fraction of sp³-hybridized carbons (Fsp3) is 0.364. The van der Waals surface area contributed by atoms with E-state index in [9.17, 15) is 14.0 Å². The standard InChI is InChI=1S/C22H26FN3O3/c1-16(27)17-7-8-20(19(23)13-17)26-11-9-25(10-12-26)15-22(28)24-14-18-5-3-4-6-21(18)29-2/h3-8,13H,9-12,14-15H2,1-2H3,(H,24,28). The third-order valence-corrected chi connectivity index (χ3v) is 5.10. The smallest absolute Gasteiger partial charge is 0.234 e. The predicted molar refractivity (Wildman–Crippen MR) is 110 cm³/mol. The third kappa shape index (κ3) is 5.32. The maximum atomic E-state index is 14.3. The molecule has 0 spiro atoms. The quantitative estimate of drug-likeness (QED) is 0.725. The van der Waals surface area contributed by atoms with Gasteiger partial charge >= 0.3 is 0 Å². The van der Waals surface area contributed by atoms with Crippen LogP contribution in [0.1, 0.15) is 22.8 Å². The summed E-state index contributed by atoms with van der Waals surface area (Å²) in [6, 6.07) is 12.2. The topological polar surface area (TPSA) is 61.9 Å². The highest BCUT2D eigenvalue weighted by Crippen LogP contribution is 2.22. The number of ether oxygens (including phenoxy) is 1. The van der Waals surface area contributed by atoms with Crippen LogP contribution in [0.4, 0.5) is 10.1 Å². The molecule has 2 aromatic rings. The number of ketones is 1. The van der Waals surface area contributed by atoms with E-state index in [4.69, 9.17) is 4.74 Å². The van der Waals surface area contributed by atoms with Crippen molar-refractivity contribution in [3.63, 3.8) is 0 Å². The van der Waals surface area contributed by atoms with E-state index < -0.39 is 0 Å². The minimum Gasteiger partial charge on any atom is -0.496 e. The van der Waals surface area contributed by atoms with Crippen molar-refractivity contribution in [1.82, 2.24) is 10.2 Å². The van der Waals surface area contributed by atoms with Crippen LogP contribution in [-0.4, -0.2) is 56.4 Å². The van der Waals surface area contributed by atoms with Gasteiger partial charge in [0.25, 0.3) is 0 Å². The molecule has 1 aliphatic heterocycles. The van der Waals surface area contributed by atoms with E-state index in [-0.39, 0.29) is 17.5 Å². The van der Waals surface area contributed by atoms with E-state index >= 15 is 0 Å². The molecule has 7 heteroatoms. The molecule has 0 radical (unpaired) electrons. The van der Waals surface area contributed by atoms with Gasteiger partial charge in [0.15, 0.2) is 5.78 Å². The first kappa shape index (κ1) is 20.8. The average Bonchev–Trinajstić information content (AvgIpc) is 2.73. The van der Waals surface area contributed by atoms with Crippen LogP contribution in [0.3, 0.4) is 0 Å². The van der Waals surface area contributed by atoms with Crippen LogP contribution >= 0.6 is 0 Å². The first-order valence-corrected chi connectivity index (χ1v) is 9.64. The van der Waals surface area contributed by atoms with Gasteiger partial charge in [-0.05, 0) is 31.2 Å². The Balaban J connectivity index is 1.48. The van der Waals surface area contributed by atoms with Crippen molar-refractivity contribution in [3.8, 4) is 5.75 Å². The number of hydrogen-bond acceptors (Lipinski definition) is 5. The Morgan fingerprint density at radius 2 is 1.83 bits per heavy atom. The van der Waals surface area contributed by atoms with Gasteiger partial charge in [-0.1, -0.05) is 18.2 Å². The van der Waals surface area contributed by atoms with Crippen molar-refractivity contribution in [2.75, 3.05) is 44.7 Å². The van der Waals surface area contributed by atoms with Crippen LogP contribution in [-0.2, 0) is 11.3 Å². The second-order valence-electron chi connectivity index (χ2n) is 7.07. The maximum absolute atomic E-state index is 14.3. The molecule has 0 aliphatic carbocycles. The number of nitrogens with one attached hydrogen (secondary N) is 1. The number of nitrogens with zero attached hydrogens (tertiary/aromatic N) is 2. The summed E-state index contributed by atoms with van der Waals surface area (Å²) in [6.45, 7) is 4.70. The van der Waals surface area contributed by atoms with Crippen molar-refractivity contribution in [2.24, 2.45) is 0 Å². The zero-order chi connectivity index (χ0) is 20.8. The molecule has 6 nitrogen and oxygen atoms in total. The number of rotatable bonds is 7. The van der Waals surface area contributed by atoms with Gasteiger partial charge in [-0.2, -0.15) is 0 Å². The van der Waals surface area contributed by atoms with Gasteiger partial charge in [0.1, 0.15) is 11.6 Å². The molecule has 0 atom stereocenters. The first-order chi connectivity index (χ1) is 14.0. The van der Waals surface area contributed by atoms with Gasteiger partial charge in [-0.3, -0.25) is 14.5 Å². The van der Waals surface area contributed by atoms with E-state index in [2.05, 4.69) is 10.2 Å². The number of para-hydroxylation sites is 1. The summed E-state index contributed by atoms with van der Waals surface area (Å²) in [5.74, 6) is 0.153. The normalized spacial score (nSPS) is 14.5. The molecular weight excluding hydrogens is 373 g/mol. The predicted octanol–water partition coefficient (Wildman–Crippen LogP) is 2.48. The molecule has 1 heterocycles. The number of amides is 1. The van der Waals surface area contributed by atoms with E-state index in [0.717, 1.165) is 11.3 Å². The lowest BCUT2D eigenvalue weighted by Crippen LogP contribution is -2.49. The summed E-state index contributed by atoms with van der Waals surface area (Å²) in [4.78, 5) is 27.7. The molecule has 1 N–H and O–H groups in total. The minimum absolute atomic E-state index is 0.0543. The minimum atomic E-state index is -0.388. The molecule has 0 bridgehead atoms. The number of methoxy groups -OCH3 is 1. The van der Waals surface area contributed by atoms with Gasteiger partial charge in [-0.25, -0.2) is 4.39 Å². The molecule has 154 valence electrons. The van der Waals surface area contributed by atoms with Crippen molar-refractivity contribution < 1.29 is 18.7 Å². The Morgan fingerprint density at radius 3 is 2.48 bits per heavy atom. The second-order valence-corrected chi connectivity index (χ2v) is 7.07. The molecular formula is C22H26FN3O3. The van der Waals surface area contributed by atoms with Gasteiger partial charge in [-0.15, -0.1) is 0 Å². The lowest BCUT2D eigenvalue weighted by atomic mass is 10.1. The summed E-state index contributed by atoms with van der Waals surface area (Å²) in [5, 5.41) is 2.92. The molecule has 3 rings (SSSR count). The van der Waals surface area contributed by atoms with Crippen molar-refractivity contribution in [3.05, 3.63) is 59.4 Å². The summed E-state index contributed by atoms with van der Waals surface area (Å²) in [6.07, 6.45) is 0. The van der Waals surface area contributed by atoms with Crippen LogP contribution in [0.15, 0.2) is 42.5 Å². The molecule has 0 saturated carbocycles. The first-order valence-electron chi connectivity index (χ1n) is 9.64. The fourth-order valence-corrected chi connectivity index (χ4v) is 3.43. The van der Waals surface area contributed by atoms with Gasteiger partial charge in [0, 0.05) is 43.9 Å². The SMILES string of the molecule is COc1ccccc1CNC(=O)CN1CCN(c2ccc(C(C)=O)cc2F)CC1.